The number of carbonyl (C=O) groups is 2. The van der Waals surface area contributed by atoms with Gasteiger partial charge in [-0.05, 0) is 31.2 Å². The highest BCUT2D eigenvalue weighted by Gasteiger charge is 2.56. The molecule has 1 aliphatic rings. The normalized spacial score (nSPS) is 26.9. The van der Waals surface area contributed by atoms with Gasteiger partial charge in [0.25, 0.3) is 0 Å². The van der Waals surface area contributed by atoms with E-state index in [2.05, 4.69) is 0 Å². The van der Waals surface area contributed by atoms with Crippen LogP contribution in [0.25, 0.3) is 0 Å². The second kappa shape index (κ2) is 8.31. The van der Waals surface area contributed by atoms with Crippen molar-refractivity contribution in [3.63, 3.8) is 0 Å². The van der Waals surface area contributed by atoms with Crippen LogP contribution in [0.5, 0.6) is 0 Å². The molecule has 0 heterocycles. The molecule has 0 radical (unpaired) electrons. The minimum absolute atomic E-state index is 0.228. The van der Waals surface area contributed by atoms with Gasteiger partial charge in [0, 0.05) is 12.8 Å². The number of alkyl halides is 2. The molecule has 1 aromatic carbocycles. The lowest BCUT2D eigenvalue weighted by molar-refractivity contribution is -0.180. The zero-order valence-corrected chi connectivity index (χ0v) is 15.0. The molecule has 2 amide bonds. The molecule has 0 spiro atoms. The number of primary amides is 2. The standard InChI is InChI=1S/C19H26F2N2O4/c20-18(21)8-9-19(27,15(11-18)17(23)26)14(16(22)25)10-13(24)7-6-12-4-2-1-3-5-12/h1-5,13-15,24,27H,6-11H2,(H2,22,25)(H2,23,26)/t13-,14+,15?,19-/m0/s1. The number of rotatable bonds is 8. The van der Waals surface area contributed by atoms with E-state index in [1.807, 2.05) is 30.3 Å². The number of aryl methyl sites for hydroxylation is 1. The summed E-state index contributed by atoms with van der Waals surface area (Å²) in [5, 5.41) is 21.3. The quantitative estimate of drug-likeness (QED) is 0.536. The van der Waals surface area contributed by atoms with Gasteiger partial charge in [-0.3, -0.25) is 9.59 Å². The topological polar surface area (TPSA) is 127 Å². The van der Waals surface area contributed by atoms with E-state index in [0.717, 1.165) is 5.56 Å². The number of nitrogens with two attached hydrogens (primary N) is 2. The maximum atomic E-state index is 13.7. The minimum Gasteiger partial charge on any atom is -0.393 e. The zero-order valence-electron chi connectivity index (χ0n) is 15.0. The van der Waals surface area contributed by atoms with E-state index in [4.69, 9.17) is 11.5 Å². The Morgan fingerprint density at radius 3 is 2.37 bits per heavy atom. The molecule has 0 aromatic heterocycles. The lowest BCUT2D eigenvalue weighted by Crippen LogP contribution is -2.59. The van der Waals surface area contributed by atoms with Gasteiger partial charge in [-0.1, -0.05) is 30.3 Å². The Morgan fingerprint density at radius 2 is 1.81 bits per heavy atom. The van der Waals surface area contributed by atoms with Gasteiger partial charge in [-0.25, -0.2) is 8.78 Å². The third-order valence-electron chi connectivity index (χ3n) is 5.40. The van der Waals surface area contributed by atoms with Gasteiger partial charge in [0.05, 0.1) is 23.5 Å². The maximum Gasteiger partial charge on any atom is 0.249 e. The minimum atomic E-state index is -3.15. The van der Waals surface area contributed by atoms with Crippen LogP contribution in [0.1, 0.15) is 37.7 Å². The summed E-state index contributed by atoms with van der Waals surface area (Å²) in [7, 11) is 0. The van der Waals surface area contributed by atoms with Gasteiger partial charge in [-0.2, -0.15) is 0 Å². The second-order valence-electron chi connectivity index (χ2n) is 7.38. The highest BCUT2D eigenvalue weighted by molar-refractivity contribution is 5.83. The molecule has 1 unspecified atom stereocenters. The molecule has 150 valence electrons. The largest absolute Gasteiger partial charge is 0.393 e. The summed E-state index contributed by atoms with van der Waals surface area (Å²) in [6.45, 7) is 0. The molecule has 1 saturated carbocycles. The van der Waals surface area contributed by atoms with Crippen LogP contribution in [0.2, 0.25) is 0 Å². The van der Waals surface area contributed by atoms with Crippen molar-refractivity contribution >= 4 is 11.8 Å². The molecule has 0 saturated heterocycles. The fourth-order valence-electron chi connectivity index (χ4n) is 3.83. The smallest absolute Gasteiger partial charge is 0.249 e. The van der Waals surface area contributed by atoms with E-state index in [-0.39, 0.29) is 6.42 Å². The van der Waals surface area contributed by atoms with Gasteiger partial charge in [0.15, 0.2) is 0 Å². The first-order chi connectivity index (χ1) is 12.5. The zero-order chi connectivity index (χ0) is 20.2. The summed E-state index contributed by atoms with van der Waals surface area (Å²) in [4.78, 5) is 23.7. The number of hydrogen-bond donors (Lipinski definition) is 4. The summed E-state index contributed by atoms with van der Waals surface area (Å²) in [6.07, 6.45) is -2.52. The number of halogens is 2. The molecule has 1 aromatic rings. The Morgan fingerprint density at radius 1 is 1.19 bits per heavy atom. The van der Waals surface area contributed by atoms with Crippen molar-refractivity contribution in [1.29, 1.82) is 0 Å². The molecule has 8 heteroatoms. The van der Waals surface area contributed by atoms with Crippen LogP contribution in [-0.4, -0.2) is 39.7 Å². The number of aliphatic hydroxyl groups is 2. The van der Waals surface area contributed by atoms with E-state index in [0.29, 0.717) is 12.8 Å². The third-order valence-corrected chi connectivity index (χ3v) is 5.40. The fourth-order valence-corrected chi connectivity index (χ4v) is 3.83. The molecule has 4 atom stereocenters. The first-order valence-corrected chi connectivity index (χ1v) is 8.96. The average Bonchev–Trinajstić information content (AvgIpc) is 2.60. The van der Waals surface area contributed by atoms with Gasteiger partial charge in [-0.15, -0.1) is 0 Å². The molecule has 1 fully saturated rings. The SMILES string of the molecule is NC(=O)C1CC(F)(F)CC[C@]1(O)[C@H](C[C@@H](O)CCc1ccccc1)C(N)=O. The van der Waals surface area contributed by atoms with Crippen LogP contribution in [0.15, 0.2) is 30.3 Å². The summed E-state index contributed by atoms with van der Waals surface area (Å²) in [6, 6.07) is 9.35. The number of amides is 2. The van der Waals surface area contributed by atoms with Crippen molar-refractivity contribution < 1.29 is 28.6 Å². The van der Waals surface area contributed by atoms with Gasteiger partial charge in [0.1, 0.15) is 0 Å². The van der Waals surface area contributed by atoms with Crippen molar-refractivity contribution in [2.45, 2.75) is 56.2 Å². The van der Waals surface area contributed by atoms with Crippen molar-refractivity contribution in [3.8, 4) is 0 Å². The molecular weight excluding hydrogens is 358 g/mol. The van der Waals surface area contributed by atoms with Crippen LogP contribution in [0, 0.1) is 11.8 Å². The van der Waals surface area contributed by atoms with E-state index in [9.17, 15) is 28.6 Å². The highest BCUT2D eigenvalue weighted by atomic mass is 19.3. The Labute approximate surface area is 156 Å². The lowest BCUT2D eigenvalue weighted by atomic mass is 9.65. The Kier molecular flexibility index (Phi) is 6.54. The predicted molar refractivity (Wildman–Crippen MR) is 94.5 cm³/mol. The van der Waals surface area contributed by atoms with Gasteiger partial charge < -0.3 is 21.7 Å². The van der Waals surface area contributed by atoms with Crippen molar-refractivity contribution in [1.82, 2.24) is 0 Å². The highest BCUT2D eigenvalue weighted by Crippen LogP contribution is 2.47. The van der Waals surface area contributed by atoms with E-state index >= 15 is 0 Å². The lowest BCUT2D eigenvalue weighted by Gasteiger charge is -2.45. The first-order valence-electron chi connectivity index (χ1n) is 8.96. The van der Waals surface area contributed by atoms with Crippen LogP contribution >= 0.6 is 0 Å². The van der Waals surface area contributed by atoms with Crippen molar-refractivity contribution in [2.24, 2.45) is 23.3 Å². The monoisotopic (exact) mass is 384 g/mol. The molecule has 0 aliphatic heterocycles. The molecule has 1 aliphatic carbocycles. The molecule has 6 nitrogen and oxygen atoms in total. The second-order valence-corrected chi connectivity index (χ2v) is 7.38. The molecule has 6 N–H and O–H groups in total. The van der Waals surface area contributed by atoms with E-state index < -0.39 is 60.5 Å². The fraction of sp³-hybridized carbons (Fsp3) is 0.579. The third kappa shape index (κ3) is 5.23. The van der Waals surface area contributed by atoms with E-state index in [1.54, 1.807) is 0 Å². The van der Waals surface area contributed by atoms with Crippen LogP contribution in [0.3, 0.4) is 0 Å². The molecular formula is C19H26F2N2O4. The molecule has 2 rings (SSSR count). The predicted octanol–water partition coefficient (Wildman–Crippen LogP) is 1.12. The summed E-state index contributed by atoms with van der Waals surface area (Å²) < 4.78 is 27.4. The first kappa shape index (κ1) is 21.2. The number of hydrogen-bond acceptors (Lipinski definition) is 4. The maximum absolute atomic E-state index is 13.7. The average molecular weight is 384 g/mol. The van der Waals surface area contributed by atoms with Crippen LogP contribution in [0.4, 0.5) is 8.78 Å². The van der Waals surface area contributed by atoms with Gasteiger partial charge >= 0.3 is 0 Å². The van der Waals surface area contributed by atoms with Crippen molar-refractivity contribution in [3.05, 3.63) is 35.9 Å². The number of carbonyl (C=O) groups excluding carboxylic acids is 2. The summed E-state index contributed by atoms with van der Waals surface area (Å²) >= 11 is 0. The molecule has 27 heavy (non-hydrogen) atoms. The van der Waals surface area contributed by atoms with Crippen LogP contribution < -0.4 is 11.5 Å². The number of benzene rings is 1. The Hall–Kier alpha value is -2.06. The van der Waals surface area contributed by atoms with Crippen LogP contribution in [-0.2, 0) is 16.0 Å². The van der Waals surface area contributed by atoms with Gasteiger partial charge in [0.2, 0.25) is 17.7 Å². The van der Waals surface area contributed by atoms with Crippen molar-refractivity contribution in [2.75, 3.05) is 0 Å². The summed E-state index contributed by atoms with van der Waals surface area (Å²) in [5.41, 5.74) is 9.50. The number of aliphatic hydroxyl groups excluding tert-OH is 1. The Bertz CT molecular complexity index is 671. The Balaban J connectivity index is 2.12. The summed E-state index contributed by atoms with van der Waals surface area (Å²) in [5.74, 6) is -8.17. The van der Waals surface area contributed by atoms with E-state index in [1.165, 1.54) is 0 Å². The molecule has 0 bridgehead atoms.